The summed E-state index contributed by atoms with van der Waals surface area (Å²) in [7, 11) is 1.37. The molecule has 0 unspecified atom stereocenters. The lowest BCUT2D eigenvalue weighted by Crippen LogP contribution is -2.31. The monoisotopic (exact) mass is 314 g/mol. The molecule has 0 spiro atoms. The van der Waals surface area contributed by atoms with Crippen molar-refractivity contribution in [2.75, 3.05) is 46.8 Å². The molecule has 10 heteroatoms. The van der Waals surface area contributed by atoms with Gasteiger partial charge in [0.2, 0.25) is 0 Å². The molecule has 0 saturated carbocycles. The van der Waals surface area contributed by atoms with Gasteiger partial charge in [-0.3, -0.25) is 0 Å². The minimum absolute atomic E-state index is 0.00588. The number of rotatable bonds is 10. The molecule has 0 aromatic carbocycles. The van der Waals surface area contributed by atoms with Crippen molar-refractivity contribution in [1.82, 2.24) is 0 Å². The molecule has 0 aromatic heterocycles. The first-order valence-electron chi connectivity index (χ1n) is 5.53. The van der Waals surface area contributed by atoms with E-state index in [0.717, 1.165) is 0 Å². The van der Waals surface area contributed by atoms with E-state index in [1.165, 1.54) is 7.11 Å². The fourth-order valence-electron chi connectivity index (χ4n) is 1.05. The SMILES string of the molecule is COCCOC(COCC(F)(F)F)COCC(F)(F)F. The van der Waals surface area contributed by atoms with Crippen molar-refractivity contribution in [1.29, 1.82) is 0 Å². The second kappa shape index (κ2) is 9.37. The van der Waals surface area contributed by atoms with Gasteiger partial charge >= 0.3 is 12.4 Å². The van der Waals surface area contributed by atoms with Gasteiger partial charge in [0.15, 0.2) is 0 Å². The van der Waals surface area contributed by atoms with Gasteiger partial charge in [0, 0.05) is 7.11 Å². The summed E-state index contributed by atoms with van der Waals surface area (Å²) in [4.78, 5) is 0. The Morgan fingerprint density at radius 2 is 1.25 bits per heavy atom. The highest BCUT2D eigenvalue weighted by molar-refractivity contribution is 4.58. The van der Waals surface area contributed by atoms with Crippen molar-refractivity contribution in [2.24, 2.45) is 0 Å². The third-order valence-electron chi connectivity index (χ3n) is 1.78. The van der Waals surface area contributed by atoms with Gasteiger partial charge in [-0.2, -0.15) is 26.3 Å². The van der Waals surface area contributed by atoms with Gasteiger partial charge in [0.25, 0.3) is 0 Å². The molecule has 0 aliphatic heterocycles. The van der Waals surface area contributed by atoms with Crippen LogP contribution in [0.25, 0.3) is 0 Å². The maximum absolute atomic E-state index is 11.9. The second-order valence-electron chi connectivity index (χ2n) is 3.75. The van der Waals surface area contributed by atoms with Crippen LogP contribution in [0.5, 0.6) is 0 Å². The lowest BCUT2D eigenvalue weighted by molar-refractivity contribution is -0.195. The molecule has 0 bridgehead atoms. The topological polar surface area (TPSA) is 36.9 Å². The Balaban J connectivity index is 4.00. The number of methoxy groups -OCH3 is 1. The molecule has 0 atom stereocenters. The summed E-state index contributed by atoms with van der Waals surface area (Å²) < 4.78 is 89.4. The third-order valence-corrected chi connectivity index (χ3v) is 1.78. The van der Waals surface area contributed by atoms with Crippen molar-refractivity contribution in [3.05, 3.63) is 0 Å². The van der Waals surface area contributed by atoms with Gasteiger partial charge in [-0.25, -0.2) is 0 Å². The summed E-state index contributed by atoms with van der Waals surface area (Å²) in [6.07, 6.45) is -10.1. The minimum Gasteiger partial charge on any atom is -0.382 e. The lowest BCUT2D eigenvalue weighted by atomic mass is 10.4. The largest absolute Gasteiger partial charge is 0.411 e. The van der Waals surface area contributed by atoms with Gasteiger partial charge in [0.1, 0.15) is 19.3 Å². The molecule has 4 nitrogen and oxygen atoms in total. The summed E-state index contributed by atoms with van der Waals surface area (Å²) in [6, 6.07) is 0. The average molecular weight is 314 g/mol. The van der Waals surface area contributed by atoms with Gasteiger partial charge in [-0.05, 0) is 0 Å². The number of hydrogen-bond acceptors (Lipinski definition) is 4. The van der Waals surface area contributed by atoms with Crippen LogP contribution >= 0.6 is 0 Å². The molecular weight excluding hydrogens is 298 g/mol. The Labute approximate surface area is 111 Å². The second-order valence-corrected chi connectivity index (χ2v) is 3.75. The number of hydrogen-bond donors (Lipinski definition) is 0. The van der Waals surface area contributed by atoms with Crippen LogP contribution in [-0.2, 0) is 18.9 Å². The molecule has 0 saturated heterocycles. The van der Waals surface area contributed by atoms with Crippen LogP contribution in [0.15, 0.2) is 0 Å². The van der Waals surface area contributed by atoms with Crippen molar-refractivity contribution in [2.45, 2.75) is 18.5 Å². The van der Waals surface area contributed by atoms with E-state index >= 15 is 0 Å². The fraction of sp³-hybridized carbons (Fsp3) is 1.00. The van der Waals surface area contributed by atoms with E-state index in [1.807, 2.05) is 0 Å². The number of alkyl halides is 6. The zero-order valence-electron chi connectivity index (χ0n) is 10.7. The zero-order chi connectivity index (χ0) is 15.6. The minimum atomic E-state index is -4.51. The Morgan fingerprint density at radius 3 is 1.60 bits per heavy atom. The molecule has 0 aliphatic carbocycles. The molecule has 20 heavy (non-hydrogen) atoms. The van der Waals surface area contributed by atoms with Crippen molar-refractivity contribution in [3.8, 4) is 0 Å². The van der Waals surface area contributed by atoms with Crippen LogP contribution < -0.4 is 0 Å². The molecular formula is C10H16F6O4. The Morgan fingerprint density at radius 1 is 0.800 bits per heavy atom. The predicted octanol–water partition coefficient (Wildman–Crippen LogP) is 2.18. The van der Waals surface area contributed by atoms with Gasteiger partial charge in [0.05, 0.1) is 26.4 Å². The van der Waals surface area contributed by atoms with E-state index in [2.05, 4.69) is 14.2 Å². The van der Waals surface area contributed by atoms with Crippen LogP contribution in [0.1, 0.15) is 0 Å². The van der Waals surface area contributed by atoms with E-state index in [9.17, 15) is 26.3 Å². The molecule has 122 valence electrons. The summed E-state index contributed by atoms with van der Waals surface area (Å²) in [5, 5.41) is 0. The van der Waals surface area contributed by atoms with Gasteiger partial charge in [-0.15, -0.1) is 0 Å². The van der Waals surface area contributed by atoms with E-state index in [-0.39, 0.29) is 13.2 Å². The fourth-order valence-corrected chi connectivity index (χ4v) is 1.05. The number of halogens is 6. The summed E-state index contributed by atoms with van der Waals surface area (Å²) in [6.45, 7) is -3.91. The van der Waals surface area contributed by atoms with Crippen LogP contribution in [-0.4, -0.2) is 65.2 Å². The van der Waals surface area contributed by atoms with E-state index in [1.54, 1.807) is 0 Å². The highest BCUT2D eigenvalue weighted by Gasteiger charge is 2.29. The zero-order valence-corrected chi connectivity index (χ0v) is 10.7. The average Bonchev–Trinajstić information content (AvgIpc) is 2.25. The Bertz CT molecular complexity index is 223. The summed E-state index contributed by atoms with van der Waals surface area (Å²) in [5.41, 5.74) is 0. The molecule has 0 radical (unpaired) electrons. The predicted molar refractivity (Wildman–Crippen MR) is 55.4 cm³/mol. The Kier molecular flexibility index (Phi) is 9.10. The third kappa shape index (κ3) is 13.8. The highest BCUT2D eigenvalue weighted by Crippen LogP contribution is 2.16. The van der Waals surface area contributed by atoms with Crippen LogP contribution in [0.2, 0.25) is 0 Å². The van der Waals surface area contributed by atoms with Crippen LogP contribution in [0.4, 0.5) is 26.3 Å². The first-order valence-corrected chi connectivity index (χ1v) is 5.53. The summed E-state index contributed by atoms with van der Waals surface area (Å²) >= 11 is 0. The first kappa shape index (κ1) is 19.4. The van der Waals surface area contributed by atoms with Gasteiger partial charge in [-0.1, -0.05) is 0 Å². The van der Waals surface area contributed by atoms with Crippen LogP contribution in [0.3, 0.4) is 0 Å². The van der Waals surface area contributed by atoms with E-state index in [4.69, 9.17) is 4.74 Å². The highest BCUT2D eigenvalue weighted by atomic mass is 19.4. The molecule has 0 heterocycles. The first-order chi connectivity index (χ1) is 9.14. The van der Waals surface area contributed by atoms with Crippen molar-refractivity contribution in [3.63, 3.8) is 0 Å². The molecule has 0 amide bonds. The van der Waals surface area contributed by atoms with Crippen molar-refractivity contribution >= 4 is 0 Å². The standard InChI is InChI=1S/C10H16F6O4/c1-17-2-3-20-8(4-18-6-9(11,12)13)5-19-7-10(14,15)16/h8H,2-7H2,1H3. The molecule has 0 N–H and O–H groups in total. The molecule has 0 rings (SSSR count). The van der Waals surface area contributed by atoms with E-state index < -0.39 is 44.9 Å². The lowest BCUT2D eigenvalue weighted by Gasteiger charge is -2.19. The molecule has 0 aliphatic rings. The maximum atomic E-state index is 11.9. The smallest absolute Gasteiger partial charge is 0.382 e. The molecule has 0 fully saturated rings. The van der Waals surface area contributed by atoms with Crippen LogP contribution in [0, 0.1) is 0 Å². The Hall–Kier alpha value is -0.580. The number of ether oxygens (including phenoxy) is 4. The molecule has 0 aromatic rings. The maximum Gasteiger partial charge on any atom is 0.411 e. The quantitative estimate of drug-likeness (QED) is 0.457. The summed E-state index contributed by atoms with van der Waals surface area (Å²) in [5.74, 6) is 0. The van der Waals surface area contributed by atoms with E-state index in [0.29, 0.717) is 0 Å². The normalized spacial score (nSPS) is 13.2. The van der Waals surface area contributed by atoms with Crippen molar-refractivity contribution < 1.29 is 45.3 Å². The van der Waals surface area contributed by atoms with Gasteiger partial charge < -0.3 is 18.9 Å².